The number of ketones is 1. The molecule has 0 N–H and O–H groups in total. The quantitative estimate of drug-likeness (QED) is 0.800. The number of para-hydroxylation sites is 1. The number of benzene rings is 1. The fourth-order valence-corrected chi connectivity index (χ4v) is 2.23. The maximum Gasteiger partial charge on any atom is 0.227 e. The van der Waals surface area contributed by atoms with Gasteiger partial charge in [0.25, 0.3) is 0 Å². The monoisotopic (exact) mass is 231 g/mol. The molecule has 17 heavy (non-hydrogen) atoms. The molecule has 0 aliphatic carbocycles. The fraction of sp³-hybridized carbons (Fsp3) is 0.429. The van der Waals surface area contributed by atoms with Gasteiger partial charge in [-0.2, -0.15) is 0 Å². The van der Waals surface area contributed by atoms with Crippen LogP contribution in [0.3, 0.4) is 0 Å². The lowest BCUT2D eigenvalue weighted by Gasteiger charge is -2.16. The van der Waals surface area contributed by atoms with Crippen LogP contribution in [0, 0.1) is 11.8 Å². The van der Waals surface area contributed by atoms with Gasteiger partial charge in [0.15, 0.2) is 0 Å². The number of anilines is 1. The van der Waals surface area contributed by atoms with Crippen molar-refractivity contribution in [3.05, 3.63) is 30.3 Å². The molecular formula is C14H17NO2. The molecule has 1 aromatic rings. The van der Waals surface area contributed by atoms with Crippen molar-refractivity contribution in [2.75, 3.05) is 11.4 Å². The Balaban J connectivity index is 2.14. The molecule has 1 atom stereocenters. The molecule has 90 valence electrons. The van der Waals surface area contributed by atoms with Gasteiger partial charge in [-0.05, 0) is 12.1 Å². The summed E-state index contributed by atoms with van der Waals surface area (Å²) in [5.41, 5.74) is 0.886. The highest BCUT2D eigenvalue weighted by atomic mass is 16.2. The lowest BCUT2D eigenvalue weighted by Crippen LogP contribution is -2.26. The topological polar surface area (TPSA) is 37.4 Å². The predicted octanol–water partition coefficient (Wildman–Crippen LogP) is 2.26. The number of carbonyl (C=O) groups excluding carboxylic acids is 2. The van der Waals surface area contributed by atoms with Gasteiger partial charge in [0, 0.05) is 30.5 Å². The molecule has 1 amide bonds. The summed E-state index contributed by atoms with van der Waals surface area (Å²) in [6.07, 6.45) is 0.353. The van der Waals surface area contributed by atoms with Gasteiger partial charge >= 0.3 is 0 Å². The van der Waals surface area contributed by atoms with E-state index >= 15 is 0 Å². The smallest absolute Gasteiger partial charge is 0.227 e. The Bertz CT molecular complexity index is 425. The first-order valence-corrected chi connectivity index (χ1v) is 5.98. The van der Waals surface area contributed by atoms with E-state index in [4.69, 9.17) is 0 Å². The van der Waals surface area contributed by atoms with Crippen molar-refractivity contribution in [1.29, 1.82) is 0 Å². The van der Waals surface area contributed by atoms with Gasteiger partial charge in [0.1, 0.15) is 5.78 Å². The molecule has 0 bridgehead atoms. The lowest BCUT2D eigenvalue weighted by molar-refractivity contribution is -0.127. The number of nitrogens with zero attached hydrogens (tertiary/aromatic N) is 1. The molecule has 0 saturated carbocycles. The Morgan fingerprint density at radius 2 is 1.94 bits per heavy atom. The first-order chi connectivity index (χ1) is 8.09. The number of carbonyl (C=O) groups is 2. The molecule has 3 nitrogen and oxygen atoms in total. The zero-order valence-electron chi connectivity index (χ0n) is 10.2. The van der Waals surface area contributed by atoms with Crippen LogP contribution in [0.5, 0.6) is 0 Å². The molecule has 1 aliphatic heterocycles. The minimum absolute atomic E-state index is 0.00326. The van der Waals surface area contributed by atoms with E-state index < -0.39 is 0 Å². The van der Waals surface area contributed by atoms with Gasteiger partial charge in [-0.25, -0.2) is 0 Å². The Morgan fingerprint density at radius 3 is 2.53 bits per heavy atom. The summed E-state index contributed by atoms with van der Waals surface area (Å²) < 4.78 is 0. The summed E-state index contributed by atoms with van der Waals surface area (Å²) in [6.45, 7) is 4.30. The zero-order chi connectivity index (χ0) is 12.4. The van der Waals surface area contributed by atoms with Gasteiger partial charge in [-0.3, -0.25) is 9.59 Å². The lowest BCUT2D eigenvalue weighted by atomic mass is 9.95. The third-order valence-corrected chi connectivity index (χ3v) is 3.16. The van der Waals surface area contributed by atoms with Crippen LogP contribution in [0.25, 0.3) is 0 Å². The summed E-state index contributed by atoms with van der Waals surface area (Å²) >= 11 is 0. The summed E-state index contributed by atoms with van der Waals surface area (Å²) in [5, 5.41) is 0. The van der Waals surface area contributed by atoms with Crippen LogP contribution in [-0.2, 0) is 9.59 Å². The van der Waals surface area contributed by atoms with E-state index in [2.05, 4.69) is 0 Å². The Labute approximate surface area is 101 Å². The second-order valence-corrected chi connectivity index (χ2v) is 4.80. The normalized spacial score (nSPS) is 20.1. The van der Waals surface area contributed by atoms with Gasteiger partial charge in [-0.1, -0.05) is 32.0 Å². The van der Waals surface area contributed by atoms with E-state index in [0.717, 1.165) is 5.69 Å². The van der Waals surface area contributed by atoms with Gasteiger partial charge < -0.3 is 4.90 Å². The maximum atomic E-state index is 11.9. The van der Waals surface area contributed by atoms with Gasteiger partial charge in [-0.15, -0.1) is 0 Å². The number of rotatable bonds is 3. The molecule has 0 aromatic heterocycles. The van der Waals surface area contributed by atoms with E-state index in [9.17, 15) is 9.59 Å². The third-order valence-electron chi connectivity index (χ3n) is 3.16. The van der Waals surface area contributed by atoms with Crippen LogP contribution >= 0.6 is 0 Å². The van der Waals surface area contributed by atoms with Crippen LogP contribution in [0.1, 0.15) is 20.3 Å². The second-order valence-electron chi connectivity index (χ2n) is 4.80. The molecule has 1 fully saturated rings. The molecule has 0 radical (unpaired) electrons. The molecule has 1 unspecified atom stereocenters. The Kier molecular flexibility index (Phi) is 3.27. The zero-order valence-corrected chi connectivity index (χ0v) is 10.2. The summed E-state index contributed by atoms with van der Waals surface area (Å²) in [6, 6.07) is 9.53. The molecule has 1 saturated heterocycles. The number of hydrogen-bond acceptors (Lipinski definition) is 2. The predicted molar refractivity (Wildman–Crippen MR) is 66.7 cm³/mol. The molecule has 1 aromatic carbocycles. The fourth-order valence-electron chi connectivity index (χ4n) is 2.23. The summed E-state index contributed by atoms with van der Waals surface area (Å²) in [4.78, 5) is 25.5. The van der Waals surface area contributed by atoms with Crippen molar-refractivity contribution in [3.8, 4) is 0 Å². The van der Waals surface area contributed by atoms with Crippen LogP contribution in [0.4, 0.5) is 5.69 Å². The van der Waals surface area contributed by atoms with Crippen molar-refractivity contribution >= 4 is 17.4 Å². The first-order valence-electron chi connectivity index (χ1n) is 5.98. The SMILES string of the molecule is CC(C)C(=O)C1CC(=O)N(c2ccccc2)C1. The highest BCUT2D eigenvalue weighted by Crippen LogP contribution is 2.26. The van der Waals surface area contributed by atoms with Crippen molar-refractivity contribution in [1.82, 2.24) is 0 Å². The molecular weight excluding hydrogens is 214 g/mol. The third kappa shape index (κ3) is 2.38. The molecule has 1 aliphatic rings. The highest BCUT2D eigenvalue weighted by Gasteiger charge is 2.35. The van der Waals surface area contributed by atoms with E-state index in [1.807, 2.05) is 44.2 Å². The average Bonchev–Trinajstić information content (AvgIpc) is 2.71. The minimum atomic E-state index is -0.136. The van der Waals surface area contributed by atoms with E-state index in [0.29, 0.717) is 13.0 Å². The largest absolute Gasteiger partial charge is 0.312 e. The number of amides is 1. The van der Waals surface area contributed by atoms with Crippen LogP contribution in [-0.4, -0.2) is 18.2 Å². The minimum Gasteiger partial charge on any atom is -0.312 e. The van der Waals surface area contributed by atoms with Crippen molar-refractivity contribution in [2.45, 2.75) is 20.3 Å². The second kappa shape index (κ2) is 4.70. The molecule has 2 rings (SSSR count). The van der Waals surface area contributed by atoms with Crippen LogP contribution < -0.4 is 4.90 Å². The maximum absolute atomic E-state index is 11.9. The van der Waals surface area contributed by atoms with E-state index in [1.165, 1.54) is 0 Å². The van der Waals surface area contributed by atoms with Crippen molar-refractivity contribution in [3.63, 3.8) is 0 Å². The van der Waals surface area contributed by atoms with Gasteiger partial charge in [0.2, 0.25) is 5.91 Å². The number of Topliss-reactive ketones (excluding diaryl/α,β-unsaturated/α-hetero) is 1. The van der Waals surface area contributed by atoms with E-state index in [-0.39, 0.29) is 23.5 Å². The van der Waals surface area contributed by atoms with Crippen LogP contribution in [0.2, 0.25) is 0 Å². The Morgan fingerprint density at radius 1 is 1.29 bits per heavy atom. The molecule has 0 spiro atoms. The van der Waals surface area contributed by atoms with Crippen LogP contribution in [0.15, 0.2) is 30.3 Å². The highest BCUT2D eigenvalue weighted by molar-refractivity contribution is 6.01. The molecule has 3 heteroatoms. The van der Waals surface area contributed by atoms with Gasteiger partial charge in [0.05, 0.1) is 0 Å². The first kappa shape index (κ1) is 11.8. The van der Waals surface area contributed by atoms with Crippen molar-refractivity contribution in [2.24, 2.45) is 11.8 Å². The summed E-state index contributed by atoms with van der Waals surface area (Å²) in [7, 11) is 0. The number of hydrogen-bond donors (Lipinski definition) is 0. The molecule has 1 heterocycles. The summed E-state index contributed by atoms with van der Waals surface area (Å²) in [5.74, 6) is 0.109. The Hall–Kier alpha value is -1.64. The van der Waals surface area contributed by atoms with Crippen molar-refractivity contribution < 1.29 is 9.59 Å². The average molecular weight is 231 g/mol. The van der Waals surface area contributed by atoms with E-state index in [1.54, 1.807) is 4.90 Å². The standard InChI is InChI=1S/C14H17NO2/c1-10(2)14(17)11-8-13(16)15(9-11)12-6-4-3-5-7-12/h3-7,10-11H,8-9H2,1-2H3.